The third-order valence-corrected chi connectivity index (χ3v) is 6.20. The molecule has 32 heavy (non-hydrogen) atoms. The summed E-state index contributed by atoms with van der Waals surface area (Å²) in [4.78, 5) is 14.9. The van der Waals surface area contributed by atoms with Crippen molar-refractivity contribution in [2.75, 3.05) is 32.8 Å². The van der Waals surface area contributed by atoms with Gasteiger partial charge in [0.15, 0.2) is 0 Å². The number of amides is 1. The third-order valence-electron chi connectivity index (χ3n) is 6.20. The molecule has 0 saturated carbocycles. The van der Waals surface area contributed by atoms with Crippen molar-refractivity contribution in [3.63, 3.8) is 0 Å². The average molecular weight is 441 g/mol. The quantitative estimate of drug-likeness (QED) is 0.587. The highest BCUT2D eigenvalue weighted by molar-refractivity contribution is 5.94. The second-order valence-electron chi connectivity index (χ2n) is 8.73. The molecule has 3 rings (SSSR count). The van der Waals surface area contributed by atoms with Gasteiger partial charge >= 0.3 is 0 Å². The van der Waals surface area contributed by atoms with E-state index in [-0.39, 0.29) is 5.91 Å². The minimum Gasteiger partial charge on any atom is -0.494 e. The Bertz CT molecular complexity index is 922. The van der Waals surface area contributed by atoms with Crippen molar-refractivity contribution < 1.29 is 19.4 Å². The van der Waals surface area contributed by atoms with Crippen molar-refractivity contribution in [3.8, 4) is 11.5 Å². The number of aliphatic hydroxyl groups is 1. The number of carbonyl (C=O) groups is 1. The zero-order chi connectivity index (χ0) is 23.3. The summed E-state index contributed by atoms with van der Waals surface area (Å²) in [6, 6.07) is 11.7. The van der Waals surface area contributed by atoms with E-state index >= 15 is 0 Å². The highest BCUT2D eigenvalue weighted by atomic mass is 16.5. The predicted molar refractivity (Wildman–Crippen MR) is 127 cm³/mol. The van der Waals surface area contributed by atoms with Gasteiger partial charge in [-0.15, -0.1) is 0 Å². The van der Waals surface area contributed by atoms with E-state index in [0.717, 1.165) is 30.2 Å². The SMILES string of the molecule is CCOc1cccc(C(=O)NCC2CN(C(C)c3ccc(OC[C@@H](C)O)c(C)c3C)C2)c1. The molecule has 2 aromatic rings. The first-order valence-corrected chi connectivity index (χ1v) is 11.5. The first kappa shape index (κ1) is 24.1. The van der Waals surface area contributed by atoms with E-state index in [0.29, 0.717) is 37.3 Å². The van der Waals surface area contributed by atoms with E-state index in [2.05, 4.69) is 37.1 Å². The summed E-state index contributed by atoms with van der Waals surface area (Å²) in [6.45, 7) is 13.5. The zero-order valence-corrected chi connectivity index (χ0v) is 19.9. The van der Waals surface area contributed by atoms with Gasteiger partial charge in [-0.05, 0) is 75.6 Å². The fourth-order valence-electron chi connectivity index (χ4n) is 4.12. The molecule has 0 bridgehead atoms. The Balaban J connectivity index is 1.50. The number of nitrogens with zero attached hydrogens (tertiary/aromatic N) is 1. The van der Waals surface area contributed by atoms with Crippen molar-refractivity contribution in [1.29, 1.82) is 0 Å². The number of aliphatic hydroxyl groups excluding tert-OH is 1. The van der Waals surface area contributed by atoms with Gasteiger partial charge < -0.3 is 19.9 Å². The van der Waals surface area contributed by atoms with Crippen LogP contribution in [0.1, 0.15) is 53.9 Å². The molecule has 174 valence electrons. The van der Waals surface area contributed by atoms with Crippen LogP contribution in [0, 0.1) is 19.8 Å². The van der Waals surface area contributed by atoms with Crippen LogP contribution in [0.3, 0.4) is 0 Å². The van der Waals surface area contributed by atoms with Gasteiger partial charge in [0.25, 0.3) is 5.91 Å². The maximum atomic E-state index is 12.5. The molecule has 2 atom stereocenters. The monoisotopic (exact) mass is 440 g/mol. The molecule has 0 spiro atoms. The van der Waals surface area contributed by atoms with Crippen LogP contribution in [0.2, 0.25) is 0 Å². The van der Waals surface area contributed by atoms with Gasteiger partial charge in [0.05, 0.1) is 12.7 Å². The number of hydrogen-bond acceptors (Lipinski definition) is 5. The van der Waals surface area contributed by atoms with Gasteiger partial charge in [-0.25, -0.2) is 0 Å². The lowest BCUT2D eigenvalue weighted by molar-refractivity contribution is 0.0569. The molecule has 1 fully saturated rings. The Morgan fingerprint density at radius 1 is 1.16 bits per heavy atom. The Morgan fingerprint density at radius 3 is 2.59 bits per heavy atom. The lowest BCUT2D eigenvalue weighted by Gasteiger charge is -2.44. The van der Waals surface area contributed by atoms with E-state index in [4.69, 9.17) is 9.47 Å². The summed E-state index contributed by atoms with van der Waals surface area (Å²) in [5.74, 6) is 1.94. The van der Waals surface area contributed by atoms with E-state index in [1.54, 1.807) is 13.0 Å². The minimum absolute atomic E-state index is 0.0580. The van der Waals surface area contributed by atoms with Crippen molar-refractivity contribution in [2.45, 2.75) is 46.8 Å². The van der Waals surface area contributed by atoms with Crippen LogP contribution in [0.15, 0.2) is 36.4 Å². The van der Waals surface area contributed by atoms with Crippen LogP contribution in [0.5, 0.6) is 11.5 Å². The molecule has 1 aliphatic heterocycles. The van der Waals surface area contributed by atoms with E-state index < -0.39 is 6.10 Å². The fraction of sp³-hybridized carbons (Fsp3) is 0.500. The summed E-state index contributed by atoms with van der Waals surface area (Å²) < 4.78 is 11.2. The number of benzene rings is 2. The van der Waals surface area contributed by atoms with Crippen molar-refractivity contribution in [3.05, 3.63) is 58.7 Å². The number of nitrogens with one attached hydrogen (secondary N) is 1. The summed E-state index contributed by atoms with van der Waals surface area (Å²) in [5, 5.41) is 12.5. The van der Waals surface area contributed by atoms with Crippen LogP contribution in [-0.4, -0.2) is 54.9 Å². The standard InChI is InChI=1S/C26H36N2O4/c1-6-31-23-9-7-8-22(12-23)26(30)27-13-21-14-28(15-21)20(5)24-10-11-25(19(4)18(24)3)32-16-17(2)29/h7-12,17,20-21,29H,6,13-16H2,1-5H3,(H,27,30)/t17-,20?/m1/s1. The highest BCUT2D eigenvalue weighted by Gasteiger charge is 2.32. The zero-order valence-electron chi connectivity index (χ0n) is 19.9. The maximum absolute atomic E-state index is 12.5. The molecular weight excluding hydrogens is 404 g/mol. The Hall–Kier alpha value is -2.57. The fourth-order valence-corrected chi connectivity index (χ4v) is 4.12. The molecular formula is C26H36N2O4. The highest BCUT2D eigenvalue weighted by Crippen LogP contribution is 2.34. The van der Waals surface area contributed by atoms with E-state index in [1.807, 2.05) is 31.2 Å². The third kappa shape index (κ3) is 5.81. The smallest absolute Gasteiger partial charge is 0.251 e. The summed E-state index contributed by atoms with van der Waals surface area (Å²) in [7, 11) is 0. The van der Waals surface area contributed by atoms with Gasteiger partial charge in [0, 0.05) is 37.2 Å². The molecule has 2 N–H and O–H groups in total. The average Bonchev–Trinajstić information content (AvgIpc) is 2.73. The molecule has 1 heterocycles. The molecule has 0 aromatic heterocycles. The molecule has 6 heteroatoms. The van der Waals surface area contributed by atoms with Crippen molar-refractivity contribution >= 4 is 5.91 Å². The largest absolute Gasteiger partial charge is 0.494 e. The van der Waals surface area contributed by atoms with Crippen LogP contribution < -0.4 is 14.8 Å². The molecule has 0 radical (unpaired) electrons. The second-order valence-corrected chi connectivity index (χ2v) is 8.73. The predicted octanol–water partition coefficient (Wildman–Crippen LogP) is 3.88. The Labute approximate surface area is 191 Å². The van der Waals surface area contributed by atoms with Crippen LogP contribution in [0.25, 0.3) is 0 Å². The lowest BCUT2D eigenvalue weighted by Crippen LogP contribution is -2.52. The van der Waals surface area contributed by atoms with Gasteiger partial charge in [-0.3, -0.25) is 9.69 Å². The van der Waals surface area contributed by atoms with Crippen molar-refractivity contribution in [2.24, 2.45) is 5.92 Å². The summed E-state index contributed by atoms with van der Waals surface area (Å²) >= 11 is 0. The number of likely N-dealkylation sites (tertiary alicyclic amines) is 1. The van der Waals surface area contributed by atoms with Crippen LogP contribution in [-0.2, 0) is 0 Å². The van der Waals surface area contributed by atoms with Crippen LogP contribution >= 0.6 is 0 Å². The molecule has 1 saturated heterocycles. The molecule has 1 aliphatic rings. The first-order valence-electron chi connectivity index (χ1n) is 11.5. The lowest BCUT2D eigenvalue weighted by atomic mass is 9.91. The van der Waals surface area contributed by atoms with Gasteiger partial charge in [0.2, 0.25) is 0 Å². The van der Waals surface area contributed by atoms with Gasteiger partial charge in [-0.1, -0.05) is 12.1 Å². The summed E-state index contributed by atoms with van der Waals surface area (Å²) in [5.41, 5.74) is 4.27. The second kappa shape index (κ2) is 10.8. The van der Waals surface area contributed by atoms with Crippen molar-refractivity contribution in [1.82, 2.24) is 10.2 Å². The molecule has 1 unspecified atom stereocenters. The Kier molecular flexibility index (Phi) is 8.15. The van der Waals surface area contributed by atoms with Gasteiger partial charge in [0.1, 0.15) is 18.1 Å². The number of ether oxygens (including phenoxy) is 2. The maximum Gasteiger partial charge on any atom is 0.251 e. The first-order chi connectivity index (χ1) is 15.3. The molecule has 0 aliphatic carbocycles. The van der Waals surface area contributed by atoms with Gasteiger partial charge in [-0.2, -0.15) is 0 Å². The topological polar surface area (TPSA) is 71.0 Å². The normalized spacial score (nSPS) is 16.2. The minimum atomic E-state index is -0.486. The summed E-state index contributed by atoms with van der Waals surface area (Å²) in [6.07, 6.45) is -0.486. The van der Waals surface area contributed by atoms with E-state index in [1.165, 1.54) is 11.1 Å². The molecule has 6 nitrogen and oxygen atoms in total. The number of rotatable bonds is 10. The van der Waals surface area contributed by atoms with Crippen LogP contribution in [0.4, 0.5) is 0 Å². The number of carbonyl (C=O) groups excluding carboxylic acids is 1. The molecule has 1 amide bonds. The van der Waals surface area contributed by atoms with E-state index in [9.17, 15) is 9.90 Å². The number of hydrogen-bond donors (Lipinski definition) is 2. The Morgan fingerprint density at radius 2 is 1.91 bits per heavy atom. The molecule has 2 aromatic carbocycles.